The number of thiazole rings is 1. The number of aromatic nitrogens is 3. The van der Waals surface area contributed by atoms with Gasteiger partial charge in [0, 0.05) is 31.3 Å². The van der Waals surface area contributed by atoms with Crippen LogP contribution in [-0.2, 0) is 0 Å². The average molecular weight is 417 g/mol. The summed E-state index contributed by atoms with van der Waals surface area (Å²) in [4.78, 5) is 28.5. The Bertz CT molecular complexity index is 1070. The smallest absolute Gasteiger partial charge is 0.266 e. The van der Waals surface area contributed by atoms with E-state index in [0.29, 0.717) is 29.3 Å². The van der Waals surface area contributed by atoms with Crippen molar-refractivity contribution in [2.24, 2.45) is 0 Å². The van der Waals surface area contributed by atoms with Crippen LogP contribution in [0.5, 0.6) is 0 Å². The van der Waals surface area contributed by atoms with Crippen LogP contribution in [0.3, 0.4) is 0 Å². The fourth-order valence-electron chi connectivity index (χ4n) is 3.66. The second-order valence-electron chi connectivity index (χ2n) is 7.19. The monoisotopic (exact) mass is 417 g/mol. The molecule has 152 valence electrons. The molecule has 0 aliphatic carbocycles. The molecule has 1 unspecified atom stereocenters. The quantitative estimate of drug-likeness (QED) is 0.692. The molecule has 1 aromatic carbocycles. The summed E-state index contributed by atoms with van der Waals surface area (Å²) in [5.41, 5.74) is 1.34. The highest BCUT2D eigenvalue weighted by Crippen LogP contribution is 2.25. The molecule has 1 aliphatic rings. The summed E-state index contributed by atoms with van der Waals surface area (Å²) in [6.07, 6.45) is 4.40. The first-order chi connectivity index (χ1) is 13.9. The molecule has 1 aliphatic heterocycles. The zero-order chi connectivity index (χ0) is 20.5. The molecule has 0 spiro atoms. The van der Waals surface area contributed by atoms with E-state index in [2.05, 4.69) is 20.3 Å². The van der Waals surface area contributed by atoms with Crippen LogP contribution in [-0.4, -0.2) is 44.9 Å². The minimum atomic E-state index is -0.955. The number of halogens is 2. The number of likely N-dealkylation sites (tertiary alicyclic amines) is 1. The lowest BCUT2D eigenvalue weighted by Crippen LogP contribution is -2.47. The van der Waals surface area contributed by atoms with Gasteiger partial charge in [-0.15, -0.1) is 11.3 Å². The van der Waals surface area contributed by atoms with Crippen molar-refractivity contribution in [1.29, 1.82) is 0 Å². The number of carbonyl (C=O) groups is 1. The number of nitrogens with zero attached hydrogens (tertiary/aromatic N) is 4. The lowest BCUT2D eigenvalue weighted by molar-refractivity contribution is 0.0632. The number of hydrogen-bond donors (Lipinski definition) is 1. The Labute approximate surface area is 171 Å². The normalized spacial score (nSPS) is 17.0. The number of carbonyl (C=O) groups excluding carboxylic acids is 1. The van der Waals surface area contributed by atoms with E-state index in [9.17, 15) is 13.6 Å². The highest BCUT2D eigenvalue weighted by Gasteiger charge is 2.29. The van der Waals surface area contributed by atoms with E-state index in [1.807, 2.05) is 18.7 Å². The van der Waals surface area contributed by atoms with Gasteiger partial charge in [-0.3, -0.25) is 9.78 Å². The molecule has 1 N–H and O–H groups in total. The molecule has 1 amide bonds. The van der Waals surface area contributed by atoms with Gasteiger partial charge in [0.15, 0.2) is 11.6 Å². The van der Waals surface area contributed by atoms with Crippen LogP contribution in [0.15, 0.2) is 18.3 Å². The summed E-state index contributed by atoms with van der Waals surface area (Å²) < 4.78 is 26.8. The first kappa shape index (κ1) is 19.6. The van der Waals surface area contributed by atoms with Crippen LogP contribution in [0.25, 0.3) is 11.0 Å². The Kier molecular flexibility index (Phi) is 5.40. The molecule has 1 saturated heterocycles. The predicted molar refractivity (Wildman–Crippen MR) is 108 cm³/mol. The zero-order valence-electron chi connectivity index (χ0n) is 16.2. The SMILES string of the molecule is Cc1nc(C)c(C(=O)N2CCCCC2CNc2cnc3cc(F)c(F)cc3n2)s1. The third kappa shape index (κ3) is 4.05. The zero-order valence-corrected chi connectivity index (χ0v) is 17.0. The van der Waals surface area contributed by atoms with Gasteiger partial charge in [-0.05, 0) is 33.1 Å². The molecule has 29 heavy (non-hydrogen) atoms. The average Bonchev–Trinajstić information content (AvgIpc) is 3.05. The van der Waals surface area contributed by atoms with Crippen LogP contribution in [0.2, 0.25) is 0 Å². The van der Waals surface area contributed by atoms with E-state index in [0.717, 1.165) is 42.1 Å². The van der Waals surface area contributed by atoms with Crippen LogP contribution in [0, 0.1) is 25.5 Å². The Morgan fingerprint density at radius 1 is 1.21 bits per heavy atom. The van der Waals surface area contributed by atoms with Gasteiger partial charge < -0.3 is 10.2 Å². The fraction of sp³-hybridized carbons (Fsp3) is 0.400. The van der Waals surface area contributed by atoms with Crippen molar-refractivity contribution in [1.82, 2.24) is 19.9 Å². The lowest BCUT2D eigenvalue weighted by atomic mass is 10.0. The Balaban J connectivity index is 1.50. The van der Waals surface area contributed by atoms with Gasteiger partial charge >= 0.3 is 0 Å². The van der Waals surface area contributed by atoms with Gasteiger partial charge in [-0.1, -0.05) is 0 Å². The number of aryl methyl sites for hydroxylation is 2. The first-order valence-corrected chi connectivity index (χ1v) is 10.3. The highest BCUT2D eigenvalue weighted by molar-refractivity contribution is 7.13. The number of nitrogens with one attached hydrogen (secondary N) is 1. The number of rotatable bonds is 4. The van der Waals surface area contributed by atoms with E-state index < -0.39 is 11.6 Å². The minimum Gasteiger partial charge on any atom is -0.367 e. The summed E-state index contributed by atoms with van der Waals surface area (Å²) in [5.74, 6) is -1.42. The van der Waals surface area contributed by atoms with Gasteiger partial charge in [0.25, 0.3) is 5.91 Å². The molecular formula is C20H21F2N5OS. The molecule has 1 atom stereocenters. The van der Waals surface area contributed by atoms with E-state index in [1.54, 1.807) is 0 Å². The highest BCUT2D eigenvalue weighted by atomic mass is 32.1. The van der Waals surface area contributed by atoms with Crippen molar-refractivity contribution < 1.29 is 13.6 Å². The Hall–Kier alpha value is -2.68. The van der Waals surface area contributed by atoms with Gasteiger partial charge in [0.2, 0.25) is 0 Å². The molecule has 6 nitrogen and oxygen atoms in total. The molecule has 9 heteroatoms. The second kappa shape index (κ2) is 7.98. The number of hydrogen-bond acceptors (Lipinski definition) is 6. The third-order valence-electron chi connectivity index (χ3n) is 5.09. The molecule has 3 heterocycles. The maximum absolute atomic E-state index is 13.5. The largest absolute Gasteiger partial charge is 0.367 e. The molecule has 0 saturated carbocycles. The molecule has 1 fully saturated rings. The molecule has 2 aromatic heterocycles. The first-order valence-electron chi connectivity index (χ1n) is 9.53. The molecule has 0 bridgehead atoms. The summed E-state index contributed by atoms with van der Waals surface area (Å²) >= 11 is 1.43. The molecule has 0 radical (unpaired) electrons. The topological polar surface area (TPSA) is 71.0 Å². The van der Waals surface area contributed by atoms with Gasteiger partial charge in [-0.2, -0.15) is 0 Å². The number of benzene rings is 1. The predicted octanol–water partition coefficient (Wildman–Crippen LogP) is 4.09. The number of piperidine rings is 1. The van der Waals surface area contributed by atoms with E-state index in [1.165, 1.54) is 17.5 Å². The van der Waals surface area contributed by atoms with Gasteiger partial charge in [0.1, 0.15) is 10.7 Å². The second-order valence-corrected chi connectivity index (χ2v) is 8.39. The number of anilines is 1. The van der Waals surface area contributed by atoms with E-state index in [-0.39, 0.29) is 17.5 Å². The van der Waals surface area contributed by atoms with Crippen molar-refractivity contribution in [3.8, 4) is 0 Å². The molecular weight excluding hydrogens is 396 g/mol. The van der Waals surface area contributed by atoms with Gasteiger partial charge in [-0.25, -0.2) is 18.7 Å². The Morgan fingerprint density at radius 3 is 2.69 bits per heavy atom. The van der Waals surface area contributed by atoms with Crippen molar-refractivity contribution >= 4 is 34.1 Å². The van der Waals surface area contributed by atoms with Crippen LogP contribution >= 0.6 is 11.3 Å². The van der Waals surface area contributed by atoms with Crippen molar-refractivity contribution in [3.63, 3.8) is 0 Å². The maximum atomic E-state index is 13.5. The standard InChI is InChI=1S/C20H21F2N5OS/c1-11-19(29-12(2)25-11)20(28)27-6-4-3-5-13(27)9-24-18-10-23-16-7-14(21)15(22)8-17(16)26-18/h7-8,10,13H,3-6,9H2,1-2H3,(H,24,26). The van der Waals surface area contributed by atoms with Crippen molar-refractivity contribution in [3.05, 3.63) is 45.5 Å². The number of fused-ring (bicyclic) bond motifs is 1. The lowest BCUT2D eigenvalue weighted by Gasteiger charge is -2.35. The van der Waals surface area contributed by atoms with E-state index in [4.69, 9.17) is 0 Å². The Morgan fingerprint density at radius 2 is 1.97 bits per heavy atom. The summed E-state index contributed by atoms with van der Waals surface area (Å²) in [7, 11) is 0. The third-order valence-corrected chi connectivity index (χ3v) is 6.15. The van der Waals surface area contributed by atoms with Crippen LogP contribution in [0.4, 0.5) is 14.6 Å². The maximum Gasteiger partial charge on any atom is 0.266 e. The van der Waals surface area contributed by atoms with Crippen molar-refractivity contribution in [2.75, 3.05) is 18.4 Å². The summed E-state index contributed by atoms with van der Waals surface area (Å²) in [6, 6.07) is 2.08. The van der Waals surface area contributed by atoms with Crippen LogP contribution < -0.4 is 5.32 Å². The number of amides is 1. The summed E-state index contributed by atoms with van der Waals surface area (Å²) in [6.45, 7) is 4.97. The van der Waals surface area contributed by atoms with E-state index >= 15 is 0 Å². The molecule has 3 aromatic rings. The van der Waals surface area contributed by atoms with Crippen LogP contribution in [0.1, 0.15) is 39.6 Å². The summed E-state index contributed by atoms with van der Waals surface area (Å²) in [5, 5.41) is 4.08. The fourth-order valence-corrected chi connectivity index (χ4v) is 4.53. The van der Waals surface area contributed by atoms with Crippen molar-refractivity contribution in [2.45, 2.75) is 39.2 Å². The minimum absolute atomic E-state index is 0.0144. The molecule has 4 rings (SSSR count). The van der Waals surface area contributed by atoms with Gasteiger partial charge in [0.05, 0.1) is 27.9 Å².